The molecule has 0 saturated heterocycles. The van der Waals surface area contributed by atoms with Crippen molar-refractivity contribution in [3.05, 3.63) is 24.0 Å². The van der Waals surface area contributed by atoms with Crippen LogP contribution in [0.15, 0.2) is 23.1 Å². The zero-order valence-electron chi connectivity index (χ0n) is 8.16. The van der Waals surface area contributed by atoms with Gasteiger partial charge in [0.05, 0.1) is 10.6 Å². The Kier molecular flexibility index (Phi) is 1.60. The van der Waals surface area contributed by atoms with Crippen molar-refractivity contribution in [1.29, 1.82) is 0 Å². The minimum absolute atomic E-state index is 0.107. The summed E-state index contributed by atoms with van der Waals surface area (Å²) in [5.41, 5.74) is -0.218. The van der Waals surface area contributed by atoms with Crippen molar-refractivity contribution < 1.29 is 17.6 Å². The van der Waals surface area contributed by atoms with Gasteiger partial charge in [-0.15, -0.1) is 0 Å². The lowest BCUT2D eigenvalue weighted by atomic mass is 10.2. The third-order valence-corrected chi connectivity index (χ3v) is 5.68. The molecule has 6 heteroatoms. The van der Waals surface area contributed by atoms with Crippen molar-refractivity contribution in [1.82, 2.24) is 0 Å². The van der Waals surface area contributed by atoms with Gasteiger partial charge >= 0.3 is 0 Å². The molecule has 1 aromatic rings. The average Bonchev–Trinajstić information content (AvgIpc) is 2.99. The van der Waals surface area contributed by atoms with Gasteiger partial charge in [-0.2, -0.15) is 0 Å². The Labute approximate surface area is 91.4 Å². The molecule has 4 nitrogen and oxygen atoms in total. The summed E-state index contributed by atoms with van der Waals surface area (Å²) < 4.78 is 36.3. The van der Waals surface area contributed by atoms with E-state index in [4.69, 9.17) is 0 Å². The maximum absolute atomic E-state index is 13.4. The fraction of sp³-hybridized carbons (Fsp3) is 0.300. The van der Waals surface area contributed by atoms with Crippen LogP contribution in [0.4, 0.5) is 10.1 Å². The normalized spacial score (nSPS) is 23.7. The molecule has 0 bridgehead atoms. The topological polar surface area (TPSA) is 63.2 Å². The molecule has 0 unspecified atom stereocenters. The molecule has 84 valence electrons. The molecule has 3 rings (SSSR count). The van der Waals surface area contributed by atoms with Crippen LogP contribution in [0.3, 0.4) is 0 Å². The van der Waals surface area contributed by atoms with Gasteiger partial charge in [-0.05, 0) is 25.0 Å². The molecule has 0 atom stereocenters. The smallest absolute Gasteiger partial charge is 0.246 e. The molecule has 1 N–H and O–H groups in total. The van der Waals surface area contributed by atoms with E-state index in [2.05, 4.69) is 5.32 Å². The van der Waals surface area contributed by atoms with Gasteiger partial charge in [-0.25, -0.2) is 12.8 Å². The molecule has 1 spiro atoms. The summed E-state index contributed by atoms with van der Waals surface area (Å²) in [5, 5.41) is 2.34. The predicted molar refractivity (Wildman–Crippen MR) is 54.2 cm³/mol. The van der Waals surface area contributed by atoms with E-state index < -0.39 is 26.3 Å². The van der Waals surface area contributed by atoms with E-state index >= 15 is 0 Å². The minimum atomic E-state index is -3.73. The van der Waals surface area contributed by atoms with E-state index in [9.17, 15) is 17.6 Å². The molecule has 0 aromatic heterocycles. The van der Waals surface area contributed by atoms with Crippen LogP contribution in [0, 0.1) is 5.82 Å². The number of halogens is 1. The van der Waals surface area contributed by atoms with Crippen LogP contribution in [0.1, 0.15) is 12.8 Å². The number of rotatable bonds is 0. The molecule has 16 heavy (non-hydrogen) atoms. The van der Waals surface area contributed by atoms with Crippen LogP contribution in [-0.4, -0.2) is 19.1 Å². The largest absolute Gasteiger partial charge is 0.321 e. The Morgan fingerprint density at radius 3 is 2.62 bits per heavy atom. The summed E-state index contributed by atoms with van der Waals surface area (Å²) in [6.07, 6.45) is 0.633. The standard InChI is InChI=1S/C10H8FNO3S/c11-6-2-1-3-7-8(6)12-9(13)10(4-5-10)16(7,14)15/h1-3H,4-5H2,(H,12,13). The minimum Gasteiger partial charge on any atom is -0.321 e. The van der Waals surface area contributed by atoms with E-state index in [1.165, 1.54) is 12.1 Å². The molecule has 1 fully saturated rings. The number of carbonyl (C=O) groups excluding carboxylic acids is 1. The number of hydrogen-bond donors (Lipinski definition) is 1. The highest BCUT2D eigenvalue weighted by Crippen LogP contribution is 2.51. The Morgan fingerprint density at radius 2 is 2.00 bits per heavy atom. The first-order valence-electron chi connectivity index (χ1n) is 4.84. The number of sulfone groups is 1. The van der Waals surface area contributed by atoms with Crippen molar-refractivity contribution in [3.63, 3.8) is 0 Å². The number of nitrogens with one attached hydrogen (secondary N) is 1. The summed E-state index contributed by atoms with van der Waals surface area (Å²) in [6, 6.07) is 3.78. The van der Waals surface area contributed by atoms with Gasteiger partial charge in [0.1, 0.15) is 5.82 Å². The molecular formula is C10H8FNO3S. The van der Waals surface area contributed by atoms with Crippen LogP contribution in [0.25, 0.3) is 0 Å². The van der Waals surface area contributed by atoms with Gasteiger partial charge in [0, 0.05) is 0 Å². The van der Waals surface area contributed by atoms with E-state index in [1.54, 1.807) is 0 Å². The molecule has 0 radical (unpaired) electrons. The van der Waals surface area contributed by atoms with Gasteiger partial charge in [0.15, 0.2) is 14.6 Å². The van der Waals surface area contributed by atoms with Crippen molar-refractivity contribution in [2.24, 2.45) is 0 Å². The van der Waals surface area contributed by atoms with Crippen LogP contribution in [0.5, 0.6) is 0 Å². The van der Waals surface area contributed by atoms with Crippen LogP contribution in [-0.2, 0) is 14.6 Å². The van der Waals surface area contributed by atoms with Gasteiger partial charge in [0.25, 0.3) is 0 Å². The average molecular weight is 241 g/mol. The summed E-state index contributed by atoms with van der Waals surface area (Å²) in [4.78, 5) is 11.5. The lowest BCUT2D eigenvalue weighted by Crippen LogP contribution is -2.42. The Hall–Kier alpha value is -1.43. The van der Waals surface area contributed by atoms with Gasteiger partial charge in [-0.1, -0.05) is 6.07 Å². The van der Waals surface area contributed by atoms with E-state index in [0.29, 0.717) is 12.8 Å². The molecule has 1 heterocycles. The summed E-state index contributed by atoms with van der Waals surface area (Å²) >= 11 is 0. The molecule has 1 saturated carbocycles. The highest BCUT2D eigenvalue weighted by Gasteiger charge is 2.64. The molecule has 1 amide bonds. The van der Waals surface area contributed by atoms with Gasteiger partial charge in [-0.3, -0.25) is 4.79 Å². The van der Waals surface area contributed by atoms with Crippen molar-refractivity contribution >= 4 is 21.4 Å². The van der Waals surface area contributed by atoms with E-state index in [-0.39, 0.29) is 10.6 Å². The van der Waals surface area contributed by atoms with Crippen LogP contribution in [0.2, 0.25) is 0 Å². The molecule has 2 aliphatic rings. The van der Waals surface area contributed by atoms with Gasteiger partial charge < -0.3 is 5.32 Å². The zero-order valence-corrected chi connectivity index (χ0v) is 8.97. The fourth-order valence-electron chi connectivity index (χ4n) is 2.02. The number of amides is 1. The fourth-order valence-corrected chi connectivity index (χ4v) is 4.05. The number of fused-ring (bicyclic) bond motifs is 1. The Bertz CT molecular complexity index is 604. The van der Waals surface area contributed by atoms with E-state index in [0.717, 1.165) is 6.07 Å². The first-order chi connectivity index (χ1) is 7.49. The maximum atomic E-state index is 13.4. The zero-order chi connectivity index (χ0) is 11.6. The third-order valence-electron chi connectivity index (χ3n) is 3.14. The first kappa shape index (κ1) is 9.77. The summed E-state index contributed by atoms with van der Waals surface area (Å²) in [6.45, 7) is 0. The number of benzene rings is 1. The summed E-state index contributed by atoms with van der Waals surface area (Å²) in [5.74, 6) is -1.32. The second-order valence-corrected chi connectivity index (χ2v) is 6.29. The Balaban J connectivity index is 2.35. The lowest BCUT2D eigenvalue weighted by Gasteiger charge is -2.24. The van der Waals surface area contributed by atoms with Gasteiger partial charge in [0.2, 0.25) is 5.91 Å². The summed E-state index contributed by atoms with van der Waals surface area (Å²) in [7, 11) is -3.73. The van der Waals surface area contributed by atoms with Crippen molar-refractivity contribution in [3.8, 4) is 0 Å². The second-order valence-electron chi connectivity index (χ2n) is 4.06. The monoisotopic (exact) mass is 241 g/mol. The third kappa shape index (κ3) is 0.929. The highest BCUT2D eigenvalue weighted by molar-refractivity contribution is 7.94. The molecule has 1 aromatic carbocycles. The number of para-hydroxylation sites is 1. The molecular weight excluding hydrogens is 233 g/mol. The molecule has 1 aliphatic heterocycles. The first-order valence-corrected chi connectivity index (χ1v) is 6.32. The maximum Gasteiger partial charge on any atom is 0.246 e. The highest BCUT2D eigenvalue weighted by atomic mass is 32.2. The quantitative estimate of drug-likeness (QED) is 0.739. The van der Waals surface area contributed by atoms with Crippen molar-refractivity contribution in [2.45, 2.75) is 22.5 Å². The van der Waals surface area contributed by atoms with Crippen molar-refractivity contribution in [2.75, 3.05) is 5.32 Å². The number of anilines is 1. The SMILES string of the molecule is O=C1Nc2c(F)cccc2S(=O)(=O)C12CC2. The predicted octanol–water partition coefficient (Wildman–Crippen LogP) is 1.08. The van der Waals surface area contributed by atoms with E-state index in [1.807, 2.05) is 0 Å². The number of hydrogen-bond acceptors (Lipinski definition) is 3. The van der Waals surface area contributed by atoms with Crippen LogP contribution >= 0.6 is 0 Å². The number of carbonyl (C=O) groups is 1. The lowest BCUT2D eigenvalue weighted by molar-refractivity contribution is -0.116. The second kappa shape index (κ2) is 2.63. The molecule has 1 aliphatic carbocycles. The Morgan fingerprint density at radius 1 is 1.31 bits per heavy atom. The van der Waals surface area contributed by atoms with Crippen LogP contribution < -0.4 is 5.32 Å².